The molecule has 0 aliphatic carbocycles. The number of ether oxygens (including phenoxy) is 2. The number of anilines is 1. The van der Waals surface area contributed by atoms with Gasteiger partial charge in [0.05, 0.1) is 7.11 Å². The molecule has 0 aliphatic rings. The molecule has 116 valence electrons. The maximum Gasteiger partial charge on any atom is 0.265 e. The monoisotopic (exact) mass is 307 g/mol. The largest absolute Gasteiger partial charge is 0.497 e. The van der Waals surface area contributed by atoms with Gasteiger partial charge in [-0.05, 0) is 43.3 Å². The van der Waals surface area contributed by atoms with E-state index >= 15 is 0 Å². The van der Waals surface area contributed by atoms with Gasteiger partial charge >= 0.3 is 0 Å². The Bertz CT molecular complexity index is 659. The Hall–Kier alpha value is -2.63. The maximum atomic E-state index is 13.1. The molecule has 0 saturated heterocycles. The van der Waals surface area contributed by atoms with E-state index in [1.165, 1.54) is 6.07 Å². The normalized spacial score (nSPS) is 11.6. The molecule has 2 aromatic rings. The molecule has 0 saturated carbocycles. The SMILES string of the molecule is COc1ccc(O[C@H](C)C(=O)Nc2ccc(F)c(F)c2)cc1. The van der Waals surface area contributed by atoms with Crippen molar-refractivity contribution in [1.82, 2.24) is 0 Å². The van der Waals surface area contributed by atoms with Crippen molar-refractivity contribution in [2.75, 3.05) is 12.4 Å². The van der Waals surface area contributed by atoms with Crippen LogP contribution in [0.2, 0.25) is 0 Å². The van der Waals surface area contributed by atoms with Crippen LogP contribution in [0.25, 0.3) is 0 Å². The van der Waals surface area contributed by atoms with Gasteiger partial charge in [-0.15, -0.1) is 0 Å². The van der Waals surface area contributed by atoms with Gasteiger partial charge in [-0.1, -0.05) is 0 Å². The first-order chi connectivity index (χ1) is 10.5. The molecule has 0 spiro atoms. The molecule has 0 unspecified atom stereocenters. The van der Waals surface area contributed by atoms with E-state index in [0.717, 1.165) is 12.1 Å². The van der Waals surface area contributed by atoms with Gasteiger partial charge < -0.3 is 14.8 Å². The summed E-state index contributed by atoms with van der Waals surface area (Å²) in [4.78, 5) is 12.0. The molecule has 0 heterocycles. The van der Waals surface area contributed by atoms with Gasteiger partial charge in [0.15, 0.2) is 17.7 Å². The van der Waals surface area contributed by atoms with Crippen molar-refractivity contribution in [2.45, 2.75) is 13.0 Å². The Morgan fingerprint density at radius 1 is 1.05 bits per heavy atom. The molecule has 2 rings (SSSR count). The summed E-state index contributed by atoms with van der Waals surface area (Å²) in [6.07, 6.45) is -0.804. The molecular weight excluding hydrogens is 292 g/mol. The molecule has 4 nitrogen and oxygen atoms in total. The summed E-state index contributed by atoms with van der Waals surface area (Å²) < 4.78 is 36.4. The van der Waals surface area contributed by atoms with Gasteiger partial charge in [0.2, 0.25) is 0 Å². The third-order valence-electron chi connectivity index (χ3n) is 2.93. The fraction of sp³-hybridized carbons (Fsp3) is 0.188. The van der Waals surface area contributed by atoms with Crippen LogP contribution in [-0.2, 0) is 4.79 Å². The molecular formula is C16H15F2NO3. The minimum atomic E-state index is -1.03. The van der Waals surface area contributed by atoms with Gasteiger partial charge in [0.25, 0.3) is 5.91 Å². The van der Waals surface area contributed by atoms with E-state index in [0.29, 0.717) is 11.5 Å². The maximum absolute atomic E-state index is 13.1. The summed E-state index contributed by atoms with van der Waals surface area (Å²) in [5.74, 6) is -1.30. The van der Waals surface area contributed by atoms with E-state index in [1.54, 1.807) is 38.3 Å². The summed E-state index contributed by atoms with van der Waals surface area (Å²) in [5, 5.41) is 2.46. The lowest BCUT2D eigenvalue weighted by molar-refractivity contribution is -0.122. The van der Waals surface area contributed by atoms with Crippen LogP contribution in [0.1, 0.15) is 6.92 Å². The fourth-order valence-corrected chi connectivity index (χ4v) is 1.73. The number of amides is 1. The number of carbonyl (C=O) groups excluding carboxylic acids is 1. The van der Waals surface area contributed by atoms with Gasteiger partial charge in [0.1, 0.15) is 11.5 Å². The molecule has 1 amide bonds. The standard InChI is InChI=1S/C16H15F2NO3/c1-10(22-13-6-4-12(21-2)5-7-13)16(20)19-11-3-8-14(17)15(18)9-11/h3-10H,1-2H3,(H,19,20)/t10-/m1/s1. The van der Waals surface area contributed by atoms with Crippen molar-refractivity contribution in [1.29, 1.82) is 0 Å². The number of methoxy groups -OCH3 is 1. The number of hydrogen-bond acceptors (Lipinski definition) is 3. The lowest BCUT2D eigenvalue weighted by atomic mass is 10.2. The van der Waals surface area contributed by atoms with Crippen LogP contribution in [0.15, 0.2) is 42.5 Å². The summed E-state index contributed by atoms with van der Waals surface area (Å²) in [5.41, 5.74) is 0.161. The molecule has 0 fully saturated rings. The van der Waals surface area contributed by atoms with Gasteiger partial charge in [-0.2, -0.15) is 0 Å². The van der Waals surface area contributed by atoms with Crippen molar-refractivity contribution >= 4 is 11.6 Å². The number of halogens is 2. The summed E-state index contributed by atoms with van der Waals surface area (Å²) in [6, 6.07) is 9.87. The van der Waals surface area contributed by atoms with Crippen molar-refractivity contribution in [3.63, 3.8) is 0 Å². The average Bonchev–Trinajstić information content (AvgIpc) is 2.51. The second-order valence-corrected chi connectivity index (χ2v) is 4.55. The van der Waals surface area contributed by atoms with E-state index in [2.05, 4.69) is 5.32 Å². The Morgan fingerprint density at radius 3 is 2.27 bits per heavy atom. The van der Waals surface area contributed by atoms with Crippen LogP contribution in [0, 0.1) is 11.6 Å². The zero-order chi connectivity index (χ0) is 16.1. The third kappa shape index (κ3) is 3.94. The third-order valence-corrected chi connectivity index (χ3v) is 2.93. The van der Waals surface area contributed by atoms with Crippen molar-refractivity contribution in [3.05, 3.63) is 54.1 Å². The predicted octanol–water partition coefficient (Wildman–Crippen LogP) is 3.38. The van der Waals surface area contributed by atoms with E-state index in [4.69, 9.17) is 9.47 Å². The van der Waals surface area contributed by atoms with E-state index in [-0.39, 0.29) is 5.69 Å². The summed E-state index contributed by atoms with van der Waals surface area (Å²) >= 11 is 0. The highest BCUT2D eigenvalue weighted by molar-refractivity contribution is 5.94. The lowest BCUT2D eigenvalue weighted by Gasteiger charge is -2.15. The van der Waals surface area contributed by atoms with Crippen LogP contribution in [0.5, 0.6) is 11.5 Å². The van der Waals surface area contributed by atoms with Gasteiger partial charge in [0, 0.05) is 11.8 Å². The molecule has 22 heavy (non-hydrogen) atoms. The fourth-order valence-electron chi connectivity index (χ4n) is 1.73. The Morgan fingerprint density at radius 2 is 1.68 bits per heavy atom. The minimum Gasteiger partial charge on any atom is -0.497 e. The second-order valence-electron chi connectivity index (χ2n) is 4.55. The van der Waals surface area contributed by atoms with E-state index in [1.807, 2.05) is 0 Å². The van der Waals surface area contributed by atoms with E-state index in [9.17, 15) is 13.6 Å². The Balaban J connectivity index is 1.97. The number of carbonyl (C=O) groups is 1. The van der Waals surface area contributed by atoms with Crippen LogP contribution in [0.4, 0.5) is 14.5 Å². The first kappa shape index (κ1) is 15.8. The van der Waals surface area contributed by atoms with Gasteiger partial charge in [-0.25, -0.2) is 8.78 Å². The number of hydrogen-bond donors (Lipinski definition) is 1. The Labute approximate surface area is 126 Å². The smallest absolute Gasteiger partial charge is 0.265 e. The molecule has 2 aromatic carbocycles. The minimum absolute atomic E-state index is 0.161. The van der Waals surface area contributed by atoms with Crippen LogP contribution in [-0.4, -0.2) is 19.1 Å². The zero-order valence-electron chi connectivity index (χ0n) is 12.1. The van der Waals surface area contributed by atoms with Crippen molar-refractivity contribution < 1.29 is 23.0 Å². The van der Waals surface area contributed by atoms with Crippen LogP contribution >= 0.6 is 0 Å². The first-order valence-electron chi connectivity index (χ1n) is 6.56. The summed E-state index contributed by atoms with van der Waals surface area (Å²) in [6.45, 7) is 1.56. The number of rotatable bonds is 5. The topological polar surface area (TPSA) is 47.6 Å². The molecule has 1 atom stereocenters. The lowest BCUT2D eigenvalue weighted by Crippen LogP contribution is -2.30. The van der Waals surface area contributed by atoms with Crippen molar-refractivity contribution in [2.24, 2.45) is 0 Å². The Kier molecular flexibility index (Phi) is 4.93. The second kappa shape index (κ2) is 6.89. The highest BCUT2D eigenvalue weighted by Gasteiger charge is 2.15. The molecule has 0 bridgehead atoms. The van der Waals surface area contributed by atoms with E-state index < -0.39 is 23.6 Å². The quantitative estimate of drug-likeness (QED) is 0.921. The number of benzene rings is 2. The number of nitrogens with one attached hydrogen (secondary N) is 1. The van der Waals surface area contributed by atoms with Gasteiger partial charge in [-0.3, -0.25) is 4.79 Å². The average molecular weight is 307 g/mol. The highest BCUT2D eigenvalue weighted by atomic mass is 19.2. The van der Waals surface area contributed by atoms with Crippen molar-refractivity contribution in [3.8, 4) is 11.5 Å². The summed E-state index contributed by atoms with van der Waals surface area (Å²) in [7, 11) is 1.55. The molecule has 6 heteroatoms. The van der Waals surface area contributed by atoms with Crippen LogP contribution in [0.3, 0.4) is 0 Å². The first-order valence-corrected chi connectivity index (χ1v) is 6.56. The molecule has 0 aromatic heterocycles. The zero-order valence-corrected chi connectivity index (χ0v) is 12.1. The molecule has 0 aliphatic heterocycles. The van der Waals surface area contributed by atoms with Crippen LogP contribution < -0.4 is 14.8 Å². The molecule has 0 radical (unpaired) electrons. The molecule has 1 N–H and O–H groups in total. The predicted molar refractivity (Wildman–Crippen MR) is 78.1 cm³/mol. The highest BCUT2D eigenvalue weighted by Crippen LogP contribution is 2.19.